The van der Waals surface area contributed by atoms with Crippen LogP contribution in [0.3, 0.4) is 0 Å². The van der Waals surface area contributed by atoms with E-state index in [1.807, 2.05) is 0 Å². The molecule has 1 aliphatic heterocycles. The SMILES string of the molecule is [CH2]CC(O)NC1CC(O[C@H]2C[C@](O)(C(=O)CO)Cc3c(O)c4c(c(O)c32)C(=O)c2c(OC)cccc2C4=O)OC(C)C1O. The normalized spacial score (nSPS) is 29.0. The molecule has 2 aliphatic carbocycles. The molecule has 0 spiro atoms. The summed E-state index contributed by atoms with van der Waals surface area (Å²) in [4.78, 5) is 40.1. The number of benzene rings is 2. The first-order valence-electron chi connectivity index (χ1n) is 13.8. The van der Waals surface area contributed by atoms with Crippen molar-refractivity contribution in [1.82, 2.24) is 5.32 Å². The lowest BCUT2D eigenvalue weighted by Crippen LogP contribution is -2.56. The van der Waals surface area contributed by atoms with Crippen LogP contribution in [0.25, 0.3) is 0 Å². The van der Waals surface area contributed by atoms with Crippen LogP contribution in [-0.2, 0) is 20.7 Å². The zero-order chi connectivity index (χ0) is 31.4. The monoisotopic (exact) mass is 600 g/mol. The second-order valence-corrected chi connectivity index (χ2v) is 11.1. The van der Waals surface area contributed by atoms with E-state index in [1.165, 1.54) is 25.3 Å². The Morgan fingerprint density at radius 2 is 1.88 bits per heavy atom. The number of aromatic hydroxyl groups is 2. The minimum Gasteiger partial charge on any atom is -0.507 e. The molecule has 13 heteroatoms. The van der Waals surface area contributed by atoms with Crippen molar-refractivity contribution in [1.29, 1.82) is 0 Å². The van der Waals surface area contributed by atoms with Gasteiger partial charge in [0, 0.05) is 42.0 Å². The van der Waals surface area contributed by atoms with Crippen LogP contribution >= 0.6 is 0 Å². The predicted octanol–water partition coefficient (Wildman–Crippen LogP) is 0.175. The summed E-state index contributed by atoms with van der Waals surface area (Å²) in [6.07, 6.45) is -6.44. The summed E-state index contributed by atoms with van der Waals surface area (Å²) in [6, 6.07) is 3.62. The number of ketones is 3. The molecule has 1 saturated heterocycles. The van der Waals surface area contributed by atoms with Gasteiger partial charge in [0.2, 0.25) is 5.78 Å². The third-order valence-corrected chi connectivity index (χ3v) is 8.44. The van der Waals surface area contributed by atoms with Gasteiger partial charge < -0.3 is 44.8 Å². The average molecular weight is 601 g/mol. The van der Waals surface area contributed by atoms with E-state index in [0.29, 0.717) is 0 Å². The van der Waals surface area contributed by atoms with Crippen LogP contribution in [0.1, 0.15) is 75.3 Å². The van der Waals surface area contributed by atoms with Gasteiger partial charge in [-0.05, 0) is 26.3 Å². The van der Waals surface area contributed by atoms with Crippen LogP contribution in [0.5, 0.6) is 17.2 Å². The molecule has 7 atom stereocenters. The van der Waals surface area contributed by atoms with E-state index in [1.54, 1.807) is 6.92 Å². The summed E-state index contributed by atoms with van der Waals surface area (Å²) in [5.74, 6) is -3.89. The number of methoxy groups -OCH3 is 1. The highest BCUT2D eigenvalue weighted by Crippen LogP contribution is 2.52. The fraction of sp³-hybridized carbons (Fsp3) is 0.467. The maximum atomic E-state index is 13.8. The molecule has 0 aromatic heterocycles. The van der Waals surface area contributed by atoms with Gasteiger partial charge in [-0.2, -0.15) is 0 Å². The number of ether oxygens (including phenoxy) is 3. The smallest absolute Gasteiger partial charge is 0.202 e. The Balaban J connectivity index is 1.63. The predicted molar refractivity (Wildman–Crippen MR) is 147 cm³/mol. The number of carbonyl (C=O) groups is 3. The molecule has 3 aliphatic rings. The quantitative estimate of drug-likeness (QED) is 0.136. The van der Waals surface area contributed by atoms with Crippen molar-refractivity contribution < 1.29 is 59.2 Å². The summed E-state index contributed by atoms with van der Waals surface area (Å²) >= 11 is 0. The minimum absolute atomic E-state index is 0.0273. The van der Waals surface area contributed by atoms with E-state index < -0.39 is 102 Å². The number of hydrogen-bond acceptors (Lipinski definition) is 13. The average Bonchev–Trinajstić information content (AvgIpc) is 2.98. The second-order valence-electron chi connectivity index (χ2n) is 11.1. The summed E-state index contributed by atoms with van der Waals surface area (Å²) in [5.41, 5.74) is -3.80. The van der Waals surface area contributed by atoms with E-state index in [2.05, 4.69) is 12.2 Å². The van der Waals surface area contributed by atoms with Gasteiger partial charge in [-0.15, -0.1) is 0 Å². The zero-order valence-corrected chi connectivity index (χ0v) is 23.6. The molecule has 0 amide bonds. The van der Waals surface area contributed by atoms with Crippen molar-refractivity contribution >= 4 is 17.3 Å². The molecule has 1 heterocycles. The van der Waals surface area contributed by atoms with Gasteiger partial charge in [-0.25, -0.2) is 0 Å². The van der Waals surface area contributed by atoms with Crippen LogP contribution in [0.2, 0.25) is 0 Å². The van der Waals surface area contributed by atoms with E-state index in [-0.39, 0.29) is 40.8 Å². The molecule has 43 heavy (non-hydrogen) atoms. The first-order valence-corrected chi connectivity index (χ1v) is 13.8. The molecular formula is C30H34NO12. The fourth-order valence-corrected chi connectivity index (χ4v) is 6.21. The van der Waals surface area contributed by atoms with Gasteiger partial charge in [0.05, 0.1) is 42.1 Å². The second kappa shape index (κ2) is 11.6. The number of carbonyl (C=O) groups excluding carboxylic acids is 3. The Hall–Kier alpha value is -3.43. The Morgan fingerprint density at radius 3 is 2.53 bits per heavy atom. The van der Waals surface area contributed by atoms with Crippen LogP contribution in [0.4, 0.5) is 0 Å². The fourth-order valence-electron chi connectivity index (χ4n) is 6.21. The van der Waals surface area contributed by atoms with Crippen molar-refractivity contribution in [3.63, 3.8) is 0 Å². The molecule has 5 unspecified atom stereocenters. The van der Waals surface area contributed by atoms with Crippen LogP contribution < -0.4 is 10.1 Å². The highest BCUT2D eigenvalue weighted by molar-refractivity contribution is 6.31. The summed E-state index contributed by atoms with van der Waals surface area (Å²) in [5, 5.41) is 67.5. The summed E-state index contributed by atoms with van der Waals surface area (Å²) in [6.45, 7) is 4.14. The Bertz CT molecular complexity index is 1470. The number of Topliss-reactive ketones (excluding diaryl/α,β-unsaturated/α-hetero) is 1. The number of rotatable bonds is 8. The molecule has 7 N–H and O–H groups in total. The number of hydrogen-bond donors (Lipinski definition) is 7. The van der Waals surface area contributed by atoms with Gasteiger partial charge in [-0.3, -0.25) is 19.7 Å². The lowest BCUT2D eigenvalue weighted by molar-refractivity contribution is -0.251. The van der Waals surface area contributed by atoms with Gasteiger partial charge >= 0.3 is 0 Å². The van der Waals surface area contributed by atoms with E-state index in [9.17, 15) is 45.0 Å². The Kier molecular flexibility index (Phi) is 8.35. The lowest BCUT2D eigenvalue weighted by Gasteiger charge is -2.43. The highest BCUT2D eigenvalue weighted by atomic mass is 16.7. The molecular weight excluding hydrogens is 566 g/mol. The van der Waals surface area contributed by atoms with Crippen molar-refractivity contribution in [2.75, 3.05) is 13.7 Å². The highest BCUT2D eigenvalue weighted by Gasteiger charge is 2.50. The molecule has 231 valence electrons. The number of aliphatic hydroxyl groups excluding tert-OH is 3. The van der Waals surface area contributed by atoms with Crippen molar-refractivity contribution in [3.05, 3.63) is 58.5 Å². The van der Waals surface area contributed by atoms with Crippen molar-refractivity contribution in [2.45, 2.75) is 75.1 Å². The zero-order valence-electron chi connectivity index (χ0n) is 23.6. The Morgan fingerprint density at radius 1 is 1.19 bits per heavy atom. The molecule has 2 aromatic carbocycles. The molecule has 5 rings (SSSR count). The van der Waals surface area contributed by atoms with Gasteiger partial charge in [0.25, 0.3) is 0 Å². The number of phenolic OH excluding ortho intramolecular Hbond substituents is 2. The topological polar surface area (TPSA) is 212 Å². The summed E-state index contributed by atoms with van der Waals surface area (Å²) in [7, 11) is 1.32. The van der Waals surface area contributed by atoms with Crippen molar-refractivity contribution in [3.8, 4) is 17.2 Å². The third kappa shape index (κ3) is 5.10. The van der Waals surface area contributed by atoms with E-state index >= 15 is 0 Å². The minimum atomic E-state index is -2.28. The van der Waals surface area contributed by atoms with E-state index in [4.69, 9.17) is 14.2 Å². The van der Waals surface area contributed by atoms with Crippen LogP contribution in [0, 0.1) is 6.92 Å². The number of aliphatic hydroxyl groups is 4. The van der Waals surface area contributed by atoms with Crippen LogP contribution in [0.15, 0.2) is 18.2 Å². The maximum absolute atomic E-state index is 13.8. The largest absolute Gasteiger partial charge is 0.507 e. The van der Waals surface area contributed by atoms with Crippen molar-refractivity contribution in [2.24, 2.45) is 0 Å². The maximum Gasteiger partial charge on any atom is 0.202 e. The number of phenols is 2. The summed E-state index contributed by atoms with van der Waals surface area (Å²) < 4.78 is 17.2. The molecule has 1 fully saturated rings. The van der Waals surface area contributed by atoms with Crippen LogP contribution in [-0.4, -0.2) is 98.1 Å². The van der Waals surface area contributed by atoms with Gasteiger partial charge in [-0.1, -0.05) is 12.1 Å². The van der Waals surface area contributed by atoms with E-state index in [0.717, 1.165) is 0 Å². The lowest BCUT2D eigenvalue weighted by atomic mass is 9.72. The standard InChI is InChI=1S/C30H34NO12/c1-4-19(34)31-15-8-20(42-12(2)25(15)35)43-17-10-30(40,18(33)11-32)9-14-22(17)29(39)24-23(27(14)37)26(36)13-6-5-7-16(41-3)21(13)28(24)38/h5-7,12,15,17,19-20,25,31-32,34-35,37,39-40H,1,4,8-11H2,2-3H3/t12?,15?,17-,19?,20?,25?,30-/m0/s1. The Labute approximate surface area is 246 Å². The molecule has 0 bridgehead atoms. The molecule has 2 aromatic rings. The molecule has 1 radical (unpaired) electrons. The molecule has 13 nitrogen and oxygen atoms in total. The van der Waals surface area contributed by atoms with Gasteiger partial charge in [0.15, 0.2) is 17.9 Å². The van der Waals surface area contributed by atoms with Gasteiger partial charge in [0.1, 0.15) is 35.7 Å². The third-order valence-electron chi connectivity index (χ3n) is 8.44. The first-order chi connectivity index (χ1) is 20.4. The molecule has 0 saturated carbocycles. The number of fused-ring (bicyclic) bond motifs is 3. The number of nitrogens with one attached hydrogen (secondary N) is 1. The first kappa shape index (κ1) is 31.0.